The summed E-state index contributed by atoms with van der Waals surface area (Å²) >= 11 is 0. The van der Waals surface area contributed by atoms with Gasteiger partial charge < -0.3 is 5.32 Å². The normalized spacial score (nSPS) is 25.0. The third-order valence-electron chi connectivity index (χ3n) is 5.34. The summed E-state index contributed by atoms with van der Waals surface area (Å²) in [6.07, 6.45) is 6.64. The van der Waals surface area contributed by atoms with E-state index in [1.54, 1.807) is 0 Å². The van der Waals surface area contributed by atoms with Crippen molar-refractivity contribution in [2.75, 3.05) is 19.6 Å². The second-order valence-corrected chi connectivity index (χ2v) is 6.79. The Morgan fingerprint density at radius 3 is 2.96 bits per heavy atom. The first-order valence-corrected chi connectivity index (χ1v) is 8.83. The molecule has 1 saturated heterocycles. The van der Waals surface area contributed by atoms with Crippen molar-refractivity contribution in [1.82, 2.24) is 15.2 Å². The maximum Gasteiger partial charge on any atom is 0.0451 e. The number of aryl methyl sites for hydroxylation is 1. The molecule has 2 unspecified atom stereocenters. The Balaban J connectivity index is 1.50. The van der Waals surface area contributed by atoms with Crippen LogP contribution in [0.2, 0.25) is 0 Å². The van der Waals surface area contributed by atoms with Crippen LogP contribution in [0.15, 0.2) is 48.7 Å². The van der Waals surface area contributed by atoms with Gasteiger partial charge in [0.25, 0.3) is 0 Å². The molecule has 3 heteroatoms. The van der Waals surface area contributed by atoms with E-state index in [4.69, 9.17) is 0 Å². The van der Waals surface area contributed by atoms with Crippen LogP contribution in [0.3, 0.4) is 0 Å². The fourth-order valence-electron chi connectivity index (χ4n) is 4.15. The van der Waals surface area contributed by atoms with Gasteiger partial charge in [0, 0.05) is 50.0 Å². The van der Waals surface area contributed by atoms with Gasteiger partial charge >= 0.3 is 0 Å². The van der Waals surface area contributed by atoms with Gasteiger partial charge in [0.15, 0.2) is 0 Å². The van der Waals surface area contributed by atoms with Crippen LogP contribution in [0, 0.1) is 0 Å². The minimum atomic E-state index is 0.599. The Labute approximate surface area is 138 Å². The average molecular weight is 307 g/mol. The maximum absolute atomic E-state index is 4.63. The Kier molecular flexibility index (Phi) is 4.40. The highest BCUT2D eigenvalue weighted by Crippen LogP contribution is 2.25. The number of hydrogen-bond acceptors (Lipinski definition) is 3. The molecule has 0 spiro atoms. The lowest BCUT2D eigenvalue weighted by atomic mass is 9.89. The van der Waals surface area contributed by atoms with Crippen molar-refractivity contribution in [3.8, 4) is 0 Å². The van der Waals surface area contributed by atoms with E-state index >= 15 is 0 Å². The smallest absolute Gasteiger partial charge is 0.0451 e. The number of rotatable bonds is 3. The Morgan fingerprint density at radius 1 is 1.13 bits per heavy atom. The summed E-state index contributed by atoms with van der Waals surface area (Å²) in [5.41, 5.74) is 4.22. The van der Waals surface area contributed by atoms with Gasteiger partial charge in [-0.25, -0.2) is 0 Å². The van der Waals surface area contributed by atoms with Gasteiger partial charge in [-0.3, -0.25) is 9.88 Å². The Morgan fingerprint density at radius 2 is 2.04 bits per heavy atom. The number of benzene rings is 1. The van der Waals surface area contributed by atoms with E-state index in [1.807, 2.05) is 6.20 Å². The largest absolute Gasteiger partial charge is 0.314 e. The number of fused-ring (bicyclic) bond motifs is 1. The van der Waals surface area contributed by atoms with E-state index < -0.39 is 0 Å². The summed E-state index contributed by atoms with van der Waals surface area (Å²) in [7, 11) is 0. The summed E-state index contributed by atoms with van der Waals surface area (Å²) < 4.78 is 0. The molecule has 2 aromatic rings. The zero-order valence-electron chi connectivity index (χ0n) is 13.6. The molecular weight excluding hydrogens is 282 g/mol. The third-order valence-corrected chi connectivity index (χ3v) is 5.34. The monoisotopic (exact) mass is 307 g/mol. The molecule has 2 atom stereocenters. The standard InChI is InChI=1S/C20H25N3/c1-2-5-16(6-3-1)13-19-15-21-11-12-23(19)18-9-8-17-7-4-10-22-20(17)14-18/h1-7,10,18-19,21H,8-9,11-15H2. The maximum atomic E-state index is 4.63. The summed E-state index contributed by atoms with van der Waals surface area (Å²) in [5, 5.41) is 3.59. The van der Waals surface area contributed by atoms with Crippen molar-refractivity contribution in [3.05, 3.63) is 65.5 Å². The quantitative estimate of drug-likeness (QED) is 0.944. The summed E-state index contributed by atoms with van der Waals surface area (Å²) in [6, 6.07) is 16.5. The molecule has 0 bridgehead atoms. The van der Waals surface area contributed by atoms with Crippen molar-refractivity contribution < 1.29 is 0 Å². The Hall–Kier alpha value is -1.71. The first-order chi connectivity index (χ1) is 11.4. The molecule has 1 fully saturated rings. The molecule has 2 heterocycles. The van der Waals surface area contributed by atoms with Gasteiger partial charge in [-0.2, -0.15) is 0 Å². The van der Waals surface area contributed by atoms with E-state index in [0.29, 0.717) is 12.1 Å². The molecule has 0 radical (unpaired) electrons. The van der Waals surface area contributed by atoms with Crippen molar-refractivity contribution in [3.63, 3.8) is 0 Å². The molecule has 1 aliphatic carbocycles. The van der Waals surface area contributed by atoms with Gasteiger partial charge in [0.2, 0.25) is 0 Å². The van der Waals surface area contributed by atoms with Crippen LogP contribution in [-0.2, 0) is 19.3 Å². The van der Waals surface area contributed by atoms with E-state index in [2.05, 4.69) is 57.7 Å². The van der Waals surface area contributed by atoms with Gasteiger partial charge in [0.05, 0.1) is 0 Å². The SMILES string of the molecule is c1ccc(CC2CNCCN2C2CCc3cccnc3C2)cc1. The van der Waals surface area contributed by atoms with E-state index in [0.717, 1.165) is 32.5 Å². The fraction of sp³-hybridized carbons (Fsp3) is 0.450. The number of piperazine rings is 1. The predicted octanol–water partition coefficient (Wildman–Crippen LogP) is 2.46. The molecule has 3 nitrogen and oxygen atoms in total. The molecule has 1 aromatic carbocycles. The lowest BCUT2D eigenvalue weighted by Crippen LogP contribution is -2.57. The number of hydrogen-bond donors (Lipinski definition) is 1. The highest BCUT2D eigenvalue weighted by molar-refractivity contribution is 5.24. The molecule has 1 aliphatic heterocycles. The van der Waals surface area contributed by atoms with E-state index in [1.165, 1.54) is 29.7 Å². The van der Waals surface area contributed by atoms with Crippen molar-refractivity contribution >= 4 is 0 Å². The first-order valence-electron chi connectivity index (χ1n) is 8.83. The van der Waals surface area contributed by atoms with Gasteiger partial charge in [-0.05, 0) is 36.5 Å². The van der Waals surface area contributed by atoms with Crippen molar-refractivity contribution in [1.29, 1.82) is 0 Å². The molecule has 0 amide bonds. The van der Waals surface area contributed by atoms with Crippen LogP contribution in [-0.4, -0.2) is 41.6 Å². The molecule has 120 valence electrons. The average Bonchev–Trinajstić information content (AvgIpc) is 2.63. The fourth-order valence-corrected chi connectivity index (χ4v) is 4.15. The van der Waals surface area contributed by atoms with Crippen LogP contribution in [0.5, 0.6) is 0 Å². The lowest BCUT2D eigenvalue weighted by Gasteiger charge is -2.43. The number of nitrogens with zero attached hydrogens (tertiary/aromatic N) is 2. The molecule has 1 N–H and O–H groups in total. The topological polar surface area (TPSA) is 28.2 Å². The van der Waals surface area contributed by atoms with Crippen LogP contribution in [0.4, 0.5) is 0 Å². The zero-order chi connectivity index (χ0) is 15.5. The predicted molar refractivity (Wildman–Crippen MR) is 93.6 cm³/mol. The molecular formula is C20H25N3. The van der Waals surface area contributed by atoms with Crippen LogP contribution < -0.4 is 5.32 Å². The number of nitrogens with one attached hydrogen (secondary N) is 1. The van der Waals surface area contributed by atoms with Crippen molar-refractivity contribution in [2.45, 2.75) is 37.8 Å². The van der Waals surface area contributed by atoms with Crippen LogP contribution >= 0.6 is 0 Å². The second-order valence-electron chi connectivity index (χ2n) is 6.79. The Bertz CT molecular complexity index is 638. The molecule has 4 rings (SSSR count). The van der Waals surface area contributed by atoms with Gasteiger partial charge in [-0.1, -0.05) is 36.4 Å². The summed E-state index contributed by atoms with van der Waals surface area (Å²) in [4.78, 5) is 7.38. The molecule has 23 heavy (non-hydrogen) atoms. The highest BCUT2D eigenvalue weighted by atomic mass is 15.2. The number of aromatic nitrogens is 1. The number of pyridine rings is 1. The molecule has 0 saturated carbocycles. The van der Waals surface area contributed by atoms with E-state index in [9.17, 15) is 0 Å². The molecule has 1 aromatic heterocycles. The summed E-state index contributed by atoms with van der Waals surface area (Å²) in [5.74, 6) is 0. The van der Waals surface area contributed by atoms with Gasteiger partial charge in [-0.15, -0.1) is 0 Å². The first kappa shape index (κ1) is 14.9. The van der Waals surface area contributed by atoms with Crippen molar-refractivity contribution in [2.24, 2.45) is 0 Å². The van der Waals surface area contributed by atoms with E-state index in [-0.39, 0.29) is 0 Å². The van der Waals surface area contributed by atoms with Gasteiger partial charge in [0.1, 0.15) is 0 Å². The van der Waals surface area contributed by atoms with Crippen LogP contribution in [0.25, 0.3) is 0 Å². The zero-order valence-corrected chi connectivity index (χ0v) is 13.6. The van der Waals surface area contributed by atoms with Crippen LogP contribution in [0.1, 0.15) is 23.2 Å². The minimum absolute atomic E-state index is 0.599. The second kappa shape index (κ2) is 6.81. The lowest BCUT2D eigenvalue weighted by molar-refractivity contribution is 0.0954. The highest BCUT2D eigenvalue weighted by Gasteiger charge is 2.31. The third kappa shape index (κ3) is 3.31. The summed E-state index contributed by atoms with van der Waals surface area (Å²) in [6.45, 7) is 3.36. The minimum Gasteiger partial charge on any atom is -0.314 e. The molecule has 2 aliphatic rings.